The summed E-state index contributed by atoms with van der Waals surface area (Å²) in [5, 5.41) is 22.6. The normalized spacial score (nSPS) is 11.7. The number of nitrogens with one attached hydrogen (secondary N) is 3. The Labute approximate surface area is 301 Å². The van der Waals surface area contributed by atoms with Crippen LogP contribution in [0.5, 0.6) is 5.75 Å². The van der Waals surface area contributed by atoms with Gasteiger partial charge in [0.2, 0.25) is 0 Å². The first-order chi connectivity index (χ1) is 24.0. The lowest BCUT2D eigenvalue weighted by molar-refractivity contribution is 0.0472. The maximum Gasteiger partial charge on any atom is 0.281 e. The summed E-state index contributed by atoms with van der Waals surface area (Å²) in [5.74, 6) is -0.871. The molecule has 2 aromatic heterocycles. The van der Waals surface area contributed by atoms with Crippen molar-refractivity contribution in [2.45, 2.75) is 59.4 Å². The van der Waals surface area contributed by atoms with Crippen molar-refractivity contribution in [3.63, 3.8) is 0 Å². The van der Waals surface area contributed by atoms with Gasteiger partial charge in [0.25, 0.3) is 17.7 Å². The highest BCUT2D eigenvalue weighted by molar-refractivity contribution is 7.16. The zero-order valence-electron chi connectivity index (χ0n) is 29.3. The van der Waals surface area contributed by atoms with E-state index >= 15 is 0 Å². The van der Waals surface area contributed by atoms with E-state index in [2.05, 4.69) is 61.0 Å². The van der Waals surface area contributed by atoms with Crippen LogP contribution in [-0.4, -0.2) is 61.5 Å². The Kier molecular flexibility index (Phi) is 14.3. The summed E-state index contributed by atoms with van der Waals surface area (Å²) in [7, 11) is 0. The first kappa shape index (κ1) is 38.4. The first-order valence-electron chi connectivity index (χ1n) is 16.6. The molecule has 2 aromatic carbocycles. The van der Waals surface area contributed by atoms with Crippen molar-refractivity contribution in [2.75, 3.05) is 33.0 Å². The predicted molar refractivity (Wildman–Crippen MR) is 201 cm³/mol. The van der Waals surface area contributed by atoms with Gasteiger partial charge in [0, 0.05) is 30.6 Å². The number of rotatable bonds is 17. The second-order valence-corrected chi connectivity index (χ2v) is 14.6. The summed E-state index contributed by atoms with van der Waals surface area (Å²) in [6, 6.07) is 18.3. The minimum Gasteiger partial charge on any atom is -0.506 e. The van der Waals surface area contributed by atoms with Crippen molar-refractivity contribution in [2.24, 2.45) is 5.10 Å². The van der Waals surface area contributed by atoms with E-state index in [1.54, 1.807) is 43.3 Å². The first-order valence-corrected chi connectivity index (χ1v) is 18.3. The van der Waals surface area contributed by atoms with E-state index in [1.807, 2.05) is 17.5 Å². The number of carbonyl (C=O) groups excluding carboxylic acids is 3. The number of ether oxygens (including phenoxy) is 2. The van der Waals surface area contributed by atoms with Crippen LogP contribution in [0.2, 0.25) is 0 Å². The number of benzene rings is 2. The molecule has 4 N–H and O–H groups in total. The fraction of sp³-hybridized carbons (Fsp3) is 0.368. The molecule has 0 aliphatic carbocycles. The van der Waals surface area contributed by atoms with Crippen molar-refractivity contribution in [1.82, 2.24) is 16.1 Å². The highest BCUT2D eigenvalue weighted by Crippen LogP contribution is 2.39. The number of aromatic hydroxyl groups is 1. The third kappa shape index (κ3) is 11.1. The summed E-state index contributed by atoms with van der Waals surface area (Å²) in [5.41, 5.74) is 7.00. The number of thiophene rings is 2. The monoisotopic (exact) mass is 718 g/mol. The van der Waals surface area contributed by atoms with Crippen molar-refractivity contribution in [1.29, 1.82) is 0 Å². The minimum absolute atomic E-state index is 0.0329. The maximum absolute atomic E-state index is 12.8. The Hall–Kier alpha value is -4.36. The second-order valence-electron chi connectivity index (χ2n) is 12.7. The molecular weight excluding hydrogens is 673 g/mol. The zero-order valence-corrected chi connectivity index (χ0v) is 30.9. The number of hydrogen-bond acceptors (Lipinski definition) is 9. The van der Waals surface area contributed by atoms with Crippen LogP contribution >= 0.6 is 22.7 Å². The van der Waals surface area contributed by atoms with Crippen LogP contribution in [0.25, 0.3) is 10.4 Å². The molecule has 0 saturated heterocycles. The topological polar surface area (TPSA) is 138 Å². The molecule has 0 bridgehead atoms. The highest BCUT2D eigenvalue weighted by Gasteiger charge is 2.18. The van der Waals surface area contributed by atoms with Gasteiger partial charge in [-0.15, -0.1) is 22.7 Å². The standard InChI is InChI=1S/C38H46N4O6S2/c1-6-7-19-47-21-22-48-20-18-39-35(44)28-10-8-26(9-11-28)23-40-36(45)31-16-17-32(50-31)37(46)42-41-25(2)30-24-49-34(33(30)43)27-12-14-29(15-13-27)38(3,4)5/h8-17,24,43H,6-7,18-23H2,1-5H3,(H,39,44)(H,40,45)(H,42,46)/b41-25+. The van der Waals surface area contributed by atoms with Gasteiger partial charge in [-0.25, -0.2) is 5.43 Å². The van der Waals surface area contributed by atoms with E-state index in [0.717, 1.165) is 46.8 Å². The number of hydrazone groups is 1. The van der Waals surface area contributed by atoms with Gasteiger partial charge in [0.15, 0.2) is 0 Å². The Bertz CT molecular complexity index is 1750. The third-order valence-corrected chi connectivity index (χ3v) is 9.86. The summed E-state index contributed by atoms with van der Waals surface area (Å²) in [4.78, 5) is 39.5. The molecule has 0 unspecified atom stereocenters. The largest absolute Gasteiger partial charge is 0.506 e. The fourth-order valence-corrected chi connectivity index (χ4v) is 6.54. The van der Waals surface area contributed by atoms with Gasteiger partial charge in [0.1, 0.15) is 5.75 Å². The van der Waals surface area contributed by atoms with Gasteiger partial charge >= 0.3 is 0 Å². The molecule has 0 atom stereocenters. The molecular formula is C38H46N4O6S2. The molecule has 0 radical (unpaired) electrons. The van der Waals surface area contributed by atoms with Gasteiger partial charge in [-0.2, -0.15) is 5.10 Å². The Morgan fingerprint density at radius 2 is 1.48 bits per heavy atom. The van der Waals surface area contributed by atoms with Crippen LogP contribution in [-0.2, 0) is 21.4 Å². The second kappa shape index (κ2) is 18.6. The van der Waals surface area contributed by atoms with Crippen molar-refractivity contribution >= 4 is 46.1 Å². The van der Waals surface area contributed by atoms with Gasteiger partial charge in [-0.05, 0) is 59.7 Å². The van der Waals surface area contributed by atoms with Crippen LogP contribution in [0, 0.1) is 0 Å². The number of hydrogen-bond donors (Lipinski definition) is 4. The quantitative estimate of drug-likeness (QED) is 0.0521. The SMILES string of the molecule is CCCCOCCOCCNC(=O)c1ccc(CNC(=O)c2ccc(C(=O)N/N=C(\C)c3csc(-c4ccc(C(C)(C)C)cc4)c3O)s2)cc1. The molecule has 12 heteroatoms. The van der Waals surface area contributed by atoms with Crippen LogP contribution in [0.3, 0.4) is 0 Å². The zero-order chi connectivity index (χ0) is 36.1. The minimum atomic E-state index is -0.460. The van der Waals surface area contributed by atoms with E-state index in [9.17, 15) is 19.5 Å². The molecule has 0 spiro atoms. The van der Waals surface area contributed by atoms with Crippen LogP contribution in [0.1, 0.15) is 93.9 Å². The van der Waals surface area contributed by atoms with Crippen LogP contribution in [0.15, 0.2) is 71.1 Å². The van der Waals surface area contributed by atoms with Gasteiger partial charge in [-0.3, -0.25) is 14.4 Å². The van der Waals surface area contributed by atoms with Crippen molar-refractivity contribution < 1.29 is 29.0 Å². The van der Waals surface area contributed by atoms with Gasteiger partial charge in [0.05, 0.1) is 45.7 Å². The number of amides is 3. The van der Waals surface area contributed by atoms with E-state index < -0.39 is 5.91 Å². The molecule has 10 nitrogen and oxygen atoms in total. The van der Waals surface area contributed by atoms with E-state index in [4.69, 9.17) is 9.47 Å². The maximum atomic E-state index is 12.8. The average Bonchev–Trinajstić information content (AvgIpc) is 3.76. The molecule has 0 aliphatic rings. The lowest BCUT2D eigenvalue weighted by Gasteiger charge is -2.19. The Balaban J connectivity index is 1.21. The van der Waals surface area contributed by atoms with E-state index in [0.29, 0.717) is 53.0 Å². The molecule has 4 rings (SSSR count). The summed E-state index contributed by atoms with van der Waals surface area (Å²) < 4.78 is 10.9. The Morgan fingerprint density at radius 1 is 0.820 bits per heavy atom. The van der Waals surface area contributed by atoms with Gasteiger partial charge < -0.3 is 25.2 Å². The van der Waals surface area contributed by atoms with E-state index in [-0.39, 0.29) is 29.5 Å². The summed E-state index contributed by atoms with van der Waals surface area (Å²) in [6.07, 6.45) is 2.13. The Morgan fingerprint density at radius 3 is 2.14 bits per heavy atom. The molecule has 266 valence electrons. The molecule has 0 fully saturated rings. The molecule has 0 saturated carbocycles. The lowest BCUT2D eigenvalue weighted by Crippen LogP contribution is -2.27. The smallest absolute Gasteiger partial charge is 0.281 e. The number of carbonyl (C=O) groups is 3. The van der Waals surface area contributed by atoms with E-state index in [1.165, 1.54) is 16.9 Å². The third-order valence-electron chi connectivity index (χ3n) is 7.76. The number of unbranched alkanes of at least 4 members (excludes halogenated alkanes) is 1. The average molecular weight is 719 g/mol. The molecule has 2 heterocycles. The summed E-state index contributed by atoms with van der Waals surface area (Å²) in [6.45, 7) is 13.1. The predicted octanol–water partition coefficient (Wildman–Crippen LogP) is 7.13. The van der Waals surface area contributed by atoms with Crippen molar-refractivity contribution in [3.8, 4) is 16.2 Å². The van der Waals surface area contributed by atoms with Crippen LogP contribution in [0.4, 0.5) is 0 Å². The molecule has 50 heavy (non-hydrogen) atoms. The van der Waals surface area contributed by atoms with Crippen LogP contribution < -0.4 is 16.1 Å². The lowest BCUT2D eigenvalue weighted by atomic mass is 9.86. The molecule has 4 aromatic rings. The highest BCUT2D eigenvalue weighted by atomic mass is 32.1. The summed E-state index contributed by atoms with van der Waals surface area (Å²) >= 11 is 2.46. The number of nitrogens with zero attached hydrogens (tertiary/aromatic N) is 1. The van der Waals surface area contributed by atoms with Crippen molar-refractivity contribution in [3.05, 3.63) is 98.1 Å². The molecule has 0 aliphatic heterocycles. The fourth-order valence-electron chi connectivity index (χ4n) is 4.72. The van der Waals surface area contributed by atoms with Gasteiger partial charge in [-0.1, -0.05) is 70.5 Å². The molecule has 3 amide bonds.